The Bertz CT molecular complexity index is 510. The molecule has 0 spiro atoms. The Morgan fingerprint density at radius 2 is 2.18 bits per heavy atom. The molecule has 0 radical (unpaired) electrons. The van der Waals surface area contributed by atoms with Crippen molar-refractivity contribution in [3.8, 4) is 0 Å². The first kappa shape index (κ1) is 15.5. The molecule has 0 bridgehead atoms. The van der Waals surface area contributed by atoms with Crippen molar-refractivity contribution in [3.05, 3.63) is 12.4 Å². The van der Waals surface area contributed by atoms with E-state index in [0.29, 0.717) is 6.04 Å². The molecular formula is C16H26N4O2. The van der Waals surface area contributed by atoms with Crippen molar-refractivity contribution in [1.29, 1.82) is 0 Å². The van der Waals surface area contributed by atoms with Gasteiger partial charge in [0.15, 0.2) is 0 Å². The van der Waals surface area contributed by atoms with Gasteiger partial charge >= 0.3 is 0 Å². The van der Waals surface area contributed by atoms with Gasteiger partial charge < -0.3 is 15.0 Å². The highest BCUT2D eigenvalue weighted by Crippen LogP contribution is 2.23. The summed E-state index contributed by atoms with van der Waals surface area (Å²) in [6.45, 7) is 4.73. The fourth-order valence-corrected chi connectivity index (χ4v) is 3.53. The van der Waals surface area contributed by atoms with Crippen molar-refractivity contribution < 1.29 is 9.53 Å². The van der Waals surface area contributed by atoms with Gasteiger partial charge in [-0.2, -0.15) is 5.10 Å². The summed E-state index contributed by atoms with van der Waals surface area (Å²) in [6, 6.07) is 0.306. The number of hydrogen-bond donors (Lipinski definition) is 1. The molecule has 6 nitrogen and oxygen atoms in total. The van der Waals surface area contributed by atoms with Gasteiger partial charge in [0.2, 0.25) is 5.91 Å². The number of anilines is 1. The van der Waals surface area contributed by atoms with E-state index in [0.717, 1.165) is 57.0 Å². The van der Waals surface area contributed by atoms with E-state index in [9.17, 15) is 4.79 Å². The van der Waals surface area contributed by atoms with Gasteiger partial charge in [0.25, 0.3) is 0 Å². The number of hydrogen-bond acceptors (Lipinski definition) is 4. The van der Waals surface area contributed by atoms with Gasteiger partial charge in [-0.1, -0.05) is 0 Å². The molecule has 1 aromatic heterocycles. The molecule has 6 heteroatoms. The zero-order valence-corrected chi connectivity index (χ0v) is 13.5. The van der Waals surface area contributed by atoms with Crippen molar-refractivity contribution in [1.82, 2.24) is 15.1 Å². The molecule has 22 heavy (non-hydrogen) atoms. The summed E-state index contributed by atoms with van der Waals surface area (Å²) in [7, 11) is 1.87. The molecule has 0 unspecified atom stereocenters. The van der Waals surface area contributed by atoms with E-state index in [1.165, 1.54) is 0 Å². The van der Waals surface area contributed by atoms with Crippen LogP contribution in [-0.2, 0) is 16.6 Å². The highest BCUT2D eigenvalue weighted by molar-refractivity contribution is 5.99. The number of ether oxygens (including phenoxy) is 1. The number of aromatic nitrogens is 2. The molecule has 122 valence electrons. The number of amides is 1. The number of carbonyl (C=O) groups excluding carboxylic acids is 1. The molecule has 2 atom stereocenters. The molecule has 2 saturated heterocycles. The lowest BCUT2D eigenvalue weighted by molar-refractivity contribution is -0.119. The van der Waals surface area contributed by atoms with Gasteiger partial charge in [0.05, 0.1) is 17.9 Å². The van der Waals surface area contributed by atoms with Crippen LogP contribution < -0.4 is 10.2 Å². The number of nitrogens with one attached hydrogen (secondary N) is 1. The first-order valence-electron chi connectivity index (χ1n) is 8.27. The Labute approximate surface area is 131 Å². The fraction of sp³-hybridized carbons (Fsp3) is 0.750. The van der Waals surface area contributed by atoms with Gasteiger partial charge in [-0.05, 0) is 38.5 Å². The Morgan fingerprint density at radius 1 is 1.41 bits per heavy atom. The topological polar surface area (TPSA) is 59.4 Å². The predicted octanol–water partition coefficient (Wildman–Crippen LogP) is 1.32. The van der Waals surface area contributed by atoms with Crippen LogP contribution in [0.15, 0.2) is 12.4 Å². The van der Waals surface area contributed by atoms with Gasteiger partial charge in [0, 0.05) is 39.0 Å². The normalized spacial score (nSPS) is 24.9. The quantitative estimate of drug-likeness (QED) is 0.891. The average Bonchev–Trinajstić information content (AvgIpc) is 3.07. The minimum Gasteiger partial charge on any atom is -0.381 e. The summed E-state index contributed by atoms with van der Waals surface area (Å²) in [5.74, 6) is 0.897. The van der Waals surface area contributed by atoms with E-state index in [1.54, 1.807) is 10.9 Å². The van der Waals surface area contributed by atoms with Crippen molar-refractivity contribution in [2.24, 2.45) is 13.0 Å². The molecular weight excluding hydrogens is 280 g/mol. The van der Waals surface area contributed by atoms with Crippen LogP contribution in [0.3, 0.4) is 0 Å². The van der Waals surface area contributed by atoms with Gasteiger partial charge in [0.1, 0.15) is 0 Å². The fourth-order valence-electron chi connectivity index (χ4n) is 3.53. The zero-order chi connectivity index (χ0) is 15.5. The number of nitrogens with zero attached hydrogens (tertiary/aromatic N) is 3. The Balaban J connectivity index is 1.51. The van der Waals surface area contributed by atoms with E-state index in [1.807, 2.05) is 18.1 Å². The lowest BCUT2D eigenvalue weighted by Crippen LogP contribution is -2.43. The largest absolute Gasteiger partial charge is 0.381 e. The molecule has 0 aliphatic carbocycles. The monoisotopic (exact) mass is 306 g/mol. The van der Waals surface area contributed by atoms with Crippen LogP contribution in [0, 0.1) is 5.92 Å². The molecule has 2 aliphatic heterocycles. The van der Waals surface area contributed by atoms with Crippen LogP contribution >= 0.6 is 0 Å². The summed E-state index contributed by atoms with van der Waals surface area (Å²) >= 11 is 0. The van der Waals surface area contributed by atoms with E-state index in [4.69, 9.17) is 4.74 Å². The highest BCUT2D eigenvalue weighted by Gasteiger charge is 2.34. The summed E-state index contributed by atoms with van der Waals surface area (Å²) in [4.78, 5) is 14.4. The zero-order valence-electron chi connectivity index (χ0n) is 13.5. The third-order valence-electron chi connectivity index (χ3n) is 4.72. The Hall–Kier alpha value is -1.40. The van der Waals surface area contributed by atoms with Crippen molar-refractivity contribution in [2.75, 3.05) is 24.7 Å². The standard InChI is InChI=1S/C16H26N4O2/c1-12(9-13-4-7-22-8-5-13)18-15-3-6-20(16(15)21)14-10-17-19(2)11-14/h10-13,15,18H,3-9H2,1-2H3/t12-,15-/m1/s1. The molecule has 1 aromatic rings. The molecule has 2 aliphatic rings. The molecule has 2 fully saturated rings. The van der Waals surface area contributed by atoms with E-state index in [-0.39, 0.29) is 11.9 Å². The third kappa shape index (κ3) is 3.50. The molecule has 1 N–H and O–H groups in total. The lowest BCUT2D eigenvalue weighted by Gasteiger charge is -2.26. The minimum atomic E-state index is -0.0601. The van der Waals surface area contributed by atoms with Crippen LogP contribution in [-0.4, -0.2) is 47.5 Å². The van der Waals surface area contributed by atoms with E-state index < -0.39 is 0 Å². The van der Waals surface area contributed by atoms with E-state index in [2.05, 4.69) is 17.3 Å². The average molecular weight is 306 g/mol. The van der Waals surface area contributed by atoms with Gasteiger partial charge in [-0.25, -0.2) is 0 Å². The van der Waals surface area contributed by atoms with E-state index >= 15 is 0 Å². The number of carbonyl (C=O) groups is 1. The maximum absolute atomic E-state index is 12.5. The first-order valence-corrected chi connectivity index (χ1v) is 8.27. The molecule has 0 aromatic carbocycles. The molecule has 0 saturated carbocycles. The first-order chi connectivity index (χ1) is 10.6. The molecule has 1 amide bonds. The molecule has 3 rings (SSSR count). The van der Waals surface area contributed by atoms with Crippen LogP contribution in [0.25, 0.3) is 0 Å². The molecule has 3 heterocycles. The van der Waals surface area contributed by atoms with Crippen LogP contribution in [0.1, 0.15) is 32.6 Å². The van der Waals surface area contributed by atoms with Crippen molar-refractivity contribution in [2.45, 2.75) is 44.7 Å². The maximum Gasteiger partial charge on any atom is 0.244 e. The minimum absolute atomic E-state index is 0.0601. The highest BCUT2D eigenvalue weighted by atomic mass is 16.5. The van der Waals surface area contributed by atoms with Gasteiger partial charge in [-0.15, -0.1) is 0 Å². The summed E-state index contributed by atoms with van der Waals surface area (Å²) in [5.41, 5.74) is 0.897. The Morgan fingerprint density at radius 3 is 2.86 bits per heavy atom. The van der Waals surface area contributed by atoms with Crippen LogP contribution in [0.5, 0.6) is 0 Å². The van der Waals surface area contributed by atoms with Crippen LogP contribution in [0.4, 0.5) is 5.69 Å². The Kier molecular flexibility index (Phi) is 4.78. The smallest absolute Gasteiger partial charge is 0.244 e. The SMILES string of the molecule is C[C@H](CC1CCOCC1)N[C@@H]1CCN(c2cnn(C)c2)C1=O. The lowest BCUT2D eigenvalue weighted by atomic mass is 9.93. The summed E-state index contributed by atoms with van der Waals surface area (Å²) in [6.07, 6.45) is 7.93. The van der Waals surface area contributed by atoms with Gasteiger partial charge in [-0.3, -0.25) is 9.48 Å². The second-order valence-electron chi connectivity index (χ2n) is 6.56. The number of aryl methyl sites for hydroxylation is 1. The second-order valence-corrected chi connectivity index (χ2v) is 6.56. The van der Waals surface area contributed by atoms with Crippen molar-refractivity contribution in [3.63, 3.8) is 0 Å². The van der Waals surface area contributed by atoms with Crippen molar-refractivity contribution >= 4 is 11.6 Å². The maximum atomic E-state index is 12.5. The third-order valence-corrected chi connectivity index (χ3v) is 4.72. The predicted molar refractivity (Wildman–Crippen MR) is 84.7 cm³/mol. The van der Waals surface area contributed by atoms with Crippen LogP contribution in [0.2, 0.25) is 0 Å². The second kappa shape index (κ2) is 6.79. The number of rotatable bonds is 5. The summed E-state index contributed by atoms with van der Waals surface area (Å²) in [5, 5.41) is 7.67. The summed E-state index contributed by atoms with van der Waals surface area (Å²) < 4.78 is 7.14.